The van der Waals surface area contributed by atoms with Gasteiger partial charge in [-0.15, -0.1) is 0 Å². The highest BCUT2D eigenvalue weighted by Crippen LogP contribution is 2.39. The second-order valence-electron chi connectivity index (χ2n) is 10.4. The molecule has 5 rings (SSSR count). The van der Waals surface area contributed by atoms with Gasteiger partial charge in [0, 0.05) is 54.2 Å². The van der Waals surface area contributed by atoms with E-state index >= 15 is 0 Å². The van der Waals surface area contributed by atoms with Crippen LogP contribution >= 0.6 is 11.6 Å². The minimum absolute atomic E-state index is 0.0243. The van der Waals surface area contributed by atoms with Crippen molar-refractivity contribution >= 4 is 51.7 Å². The van der Waals surface area contributed by atoms with Crippen molar-refractivity contribution in [2.75, 3.05) is 55.3 Å². The Kier molecular flexibility index (Phi) is 8.02. The van der Waals surface area contributed by atoms with Gasteiger partial charge in [0.1, 0.15) is 0 Å². The van der Waals surface area contributed by atoms with Crippen LogP contribution in [0.4, 0.5) is 17.1 Å². The van der Waals surface area contributed by atoms with Gasteiger partial charge in [-0.3, -0.25) is 14.5 Å². The standard InChI is InChI=1S/C31H34ClN5O2/c1-21(2)37(28(38)20-36-17-15-35(3)16-18-36)25-12-10-24(11-13-25)33-30(22-7-5-4-6-8-22)29-26-14-9-23(32)19-27(26)34-31(29)39/h4-14,19,21,33H,15-18,20H2,1-3H3,(H,34,39). The average molecular weight is 544 g/mol. The van der Waals surface area contributed by atoms with Gasteiger partial charge in [-0.1, -0.05) is 48.0 Å². The highest BCUT2D eigenvalue weighted by atomic mass is 35.5. The van der Waals surface area contributed by atoms with Gasteiger partial charge in [0.25, 0.3) is 5.91 Å². The number of halogens is 1. The Morgan fingerprint density at radius 1 is 1.00 bits per heavy atom. The minimum Gasteiger partial charge on any atom is -0.354 e. The summed E-state index contributed by atoms with van der Waals surface area (Å²) >= 11 is 6.17. The molecule has 1 fully saturated rings. The molecular formula is C31H34ClN5O2. The van der Waals surface area contributed by atoms with E-state index < -0.39 is 0 Å². The SMILES string of the molecule is CC(C)N(C(=O)CN1CCN(C)CC1)c1ccc(NC(=C2C(=O)Nc3cc(Cl)ccc32)c2ccccc2)cc1. The number of piperazine rings is 1. The van der Waals surface area contributed by atoms with Gasteiger partial charge in [-0.2, -0.15) is 0 Å². The molecule has 0 aliphatic carbocycles. The summed E-state index contributed by atoms with van der Waals surface area (Å²) in [6.07, 6.45) is 0. The van der Waals surface area contributed by atoms with Crippen LogP contribution in [0.1, 0.15) is 25.0 Å². The molecule has 7 nitrogen and oxygen atoms in total. The maximum Gasteiger partial charge on any atom is 0.258 e. The van der Waals surface area contributed by atoms with Gasteiger partial charge >= 0.3 is 0 Å². The molecule has 1 saturated heterocycles. The number of hydrogen-bond acceptors (Lipinski definition) is 5. The fourth-order valence-corrected chi connectivity index (χ4v) is 5.30. The second kappa shape index (κ2) is 11.6. The first-order chi connectivity index (χ1) is 18.8. The topological polar surface area (TPSA) is 67.9 Å². The summed E-state index contributed by atoms with van der Waals surface area (Å²) in [5.41, 5.74) is 5.31. The van der Waals surface area contributed by atoms with Gasteiger partial charge in [0.15, 0.2) is 0 Å². The summed E-state index contributed by atoms with van der Waals surface area (Å²) < 4.78 is 0. The Hall–Kier alpha value is -3.65. The van der Waals surface area contributed by atoms with E-state index in [2.05, 4.69) is 27.5 Å². The van der Waals surface area contributed by atoms with Crippen LogP contribution in [0, 0.1) is 0 Å². The molecule has 0 aromatic heterocycles. The van der Waals surface area contributed by atoms with Crippen molar-refractivity contribution in [2.24, 2.45) is 0 Å². The van der Waals surface area contributed by atoms with E-state index in [4.69, 9.17) is 11.6 Å². The van der Waals surface area contributed by atoms with E-state index in [1.807, 2.05) is 79.4 Å². The van der Waals surface area contributed by atoms with Gasteiger partial charge in [0.05, 0.1) is 23.5 Å². The first kappa shape index (κ1) is 26.9. The highest BCUT2D eigenvalue weighted by Gasteiger charge is 2.29. The normalized spacial score (nSPS) is 17.1. The van der Waals surface area contributed by atoms with Crippen molar-refractivity contribution in [1.29, 1.82) is 0 Å². The van der Waals surface area contributed by atoms with Gasteiger partial charge in [-0.05, 0) is 62.9 Å². The number of hydrogen-bond donors (Lipinski definition) is 2. The number of carbonyl (C=O) groups excluding carboxylic acids is 2. The van der Waals surface area contributed by atoms with Crippen molar-refractivity contribution in [3.8, 4) is 0 Å². The number of benzene rings is 3. The third kappa shape index (κ3) is 6.01. The van der Waals surface area contributed by atoms with Crippen LogP contribution in [0.2, 0.25) is 5.02 Å². The number of rotatable bonds is 7. The number of amides is 2. The number of carbonyl (C=O) groups is 2. The lowest BCUT2D eigenvalue weighted by atomic mass is 10.00. The van der Waals surface area contributed by atoms with Gasteiger partial charge in [0.2, 0.25) is 5.91 Å². The molecule has 39 heavy (non-hydrogen) atoms. The van der Waals surface area contributed by atoms with Crippen LogP contribution in [0.15, 0.2) is 72.8 Å². The molecule has 0 saturated carbocycles. The lowest BCUT2D eigenvalue weighted by Gasteiger charge is -2.34. The van der Waals surface area contributed by atoms with Crippen LogP contribution in [-0.4, -0.2) is 67.4 Å². The van der Waals surface area contributed by atoms with Crippen molar-refractivity contribution < 1.29 is 9.59 Å². The predicted octanol–water partition coefficient (Wildman–Crippen LogP) is 5.26. The van der Waals surface area contributed by atoms with Crippen LogP contribution in [0.5, 0.6) is 0 Å². The van der Waals surface area contributed by atoms with Crippen LogP contribution in [0.25, 0.3) is 11.3 Å². The first-order valence-electron chi connectivity index (χ1n) is 13.3. The number of likely N-dealkylation sites (N-methyl/N-ethyl adjacent to an activating group) is 1. The third-order valence-electron chi connectivity index (χ3n) is 7.19. The fourth-order valence-electron chi connectivity index (χ4n) is 5.13. The number of nitrogens with zero attached hydrogens (tertiary/aromatic N) is 3. The maximum absolute atomic E-state index is 13.3. The zero-order valence-electron chi connectivity index (χ0n) is 22.6. The maximum atomic E-state index is 13.3. The van der Waals surface area contributed by atoms with Crippen LogP contribution in [0.3, 0.4) is 0 Å². The average Bonchev–Trinajstić information content (AvgIpc) is 3.24. The van der Waals surface area contributed by atoms with Crippen molar-refractivity contribution in [2.45, 2.75) is 19.9 Å². The molecule has 0 atom stereocenters. The van der Waals surface area contributed by atoms with E-state index in [0.717, 1.165) is 48.7 Å². The van der Waals surface area contributed by atoms with E-state index in [1.165, 1.54) is 0 Å². The molecule has 2 heterocycles. The van der Waals surface area contributed by atoms with Crippen molar-refractivity contribution in [1.82, 2.24) is 9.80 Å². The lowest BCUT2D eigenvalue weighted by Crippen LogP contribution is -2.50. The van der Waals surface area contributed by atoms with E-state index in [1.54, 1.807) is 12.1 Å². The van der Waals surface area contributed by atoms with Crippen molar-refractivity contribution in [3.05, 3.63) is 88.9 Å². The summed E-state index contributed by atoms with van der Waals surface area (Å²) in [5, 5.41) is 6.99. The molecule has 202 valence electrons. The van der Waals surface area contributed by atoms with E-state index in [9.17, 15) is 9.59 Å². The summed E-state index contributed by atoms with van der Waals surface area (Å²) in [6.45, 7) is 8.24. The molecule has 3 aromatic carbocycles. The molecule has 2 N–H and O–H groups in total. The molecule has 0 unspecified atom stereocenters. The molecule has 0 bridgehead atoms. The molecule has 2 aliphatic rings. The number of anilines is 3. The van der Waals surface area contributed by atoms with Gasteiger partial charge in [-0.25, -0.2) is 0 Å². The molecule has 0 spiro atoms. The smallest absolute Gasteiger partial charge is 0.258 e. The molecule has 2 aliphatic heterocycles. The zero-order valence-corrected chi connectivity index (χ0v) is 23.3. The highest BCUT2D eigenvalue weighted by molar-refractivity contribution is 6.38. The van der Waals surface area contributed by atoms with Crippen LogP contribution in [-0.2, 0) is 9.59 Å². The summed E-state index contributed by atoms with van der Waals surface area (Å²) in [4.78, 5) is 32.8. The Bertz CT molecular complexity index is 1380. The zero-order chi connectivity index (χ0) is 27.5. The number of nitrogens with one attached hydrogen (secondary N) is 2. The van der Waals surface area contributed by atoms with Crippen molar-refractivity contribution in [3.63, 3.8) is 0 Å². The number of fused-ring (bicyclic) bond motifs is 1. The Labute approximate surface area is 235 Å². The molecule has 2 amide bonds. The minimum atomic E-state index is -0.185. The molecule has 3 aromatic rings. The third-order valence-corrected chi connectivity index (χ3v) is 7.43. The molecule has 8 heteroatoms. The summed E-state index contributed by atoms with van der Waals surface area (Å²) in [5.74, 6) is -0.0871. The predicted molar refractivity (Wildman–Crippen MR) is 160 cm³/mol. The van der Waals surface area contributed by atoms with E-state index in [0.29, 0.717) is 28.5 Å². The first-order valence-corrected chi connectivity index (χ1v) is 13.7. The molecular weight excluding hydrogens is 510 g/mol. The van der Waals surface area contributed by atoms with E-state index in [-0.39, 0.29) is 17.9 Å². The monoisotopic (exact) mass is 543 g/mol. The van der Waals surface area contributed by atoms with Crippen LogP contribution < -0.4 is 15.5 Å². The quantitative estimate of drug-likeness (QED) is 0.398. The second-order valence-corrected chi connectivity index (χ2v) is 10.8. The Balaban J connectivity index is 1.42. The summed E-state index contributed by atoms with van der Waals surface area (Å²) in [7, 11) is 2.11. The fraction of sp³-hybridized carbons (Fsp3) is 0.290. The summed E-state index contributed by atoms with van der Waals surface area (Å²) in [6, 6.07) is 23.1. The Morgan fingerprint density at radius 3 is 2.36 bits per heavy atom. The van der Waals surface area contributed by atoms with Gasteiger partial charge < -0.3 is 20.4 Å². The largest absolute Gasteiger partial charge is 0.354 e. The molecule has 0 radical (unpaired) electrons. The Morgan fingerprint density at radius 2 is 1.69 bits per heavy atom. The lowest BCUT2D eigenvalue weighted by molar-refractivity contribution is -0.120.